The molecule has 0 aliphatic rings. The van der Waals surface area contributed by atoms with Crippen LogP contribution >= 0.6 is 0 Å². The Bertz CT molecular complexity index is 733. The average Bonchev–Trinajstić information content (AvgIpc) is 2.86. The number of ether oxygens (including phenoxy) is 1. The molecule has 0 saturated carbocycles. The maximum Gasteiger partial charge on any atom is 0.311 e. The number of benzene rings is 1. The lowest BCUT2D eigenvalue weighted by atomic mass is 10.1. The SMILES string of the molecule is Cc1coc(CC(=O)O)c1C(=O)Nc1ccccc1OCC(C)C. The number of carbonyl (C=O) groups excluding carboxylic acids is 1. The van der Waals surface area contributed by atoms with Crippen molar-refractivity contribution in [2.24, 2.45) is 5.92 Å². The van der Waals surface area contributed by atoms with Crippen molar-refractivity contribution in [3.05, 3.63) is 47.4 Å². The summed E-state index contributed by atoms with van der Waals surface area (Å²) in [5, 5.41) is 11.7. The summed E-state index contributed by atoms with van der Waals surface area (Å²) in [6.45, 7) is 6.30. The van der Waals surface area contributed by atoms with Crippen LogP contribution in [0, 0.1) is 12.8 Å². The minimum atomic E-state index is -1.06. The van der Waals surface area contributed by atoms with Gasteiger partial charge >= 0.3 is 5.97 Å². The van der Waals surface area contributed by atoms with E-state index in [1.807, 2.05) is 19.9 Å². The molecule has 2 N–H and O–H groups in total. The predicted molar refractivity (Wildman–Crippen MR) is 89.5 cm³/mol. The largest absolute Gasteiger partial charge is 0.491 e. The first-order valence-electron chi connectivity index (χ1n) is 7.70. The highest BCUT2D eigenvalue weighted by atomic mass is 16.5. The van der Waals surface area contributed by atoms with Gasteiger partial charge in [-0.1, -0.05) is 26.0 Å². The Hall–Kier alpha value is -2.76. The van der Waals surface area contributed by atoms with Gasteiger partial charge in [-0.05, 0) is 25.0 Å². The number of hydrogen-bond donors (Lipinski definition) is 2. The number of aliphatic carboxylic acids is 1. The third-order valence-corrected chi connectivity index (χ3v) is 3.30. The van der Waals surface area contributed by atoms with E-state index < -0.39 is 11.9 Å². The highest BCUT2D eigenvalue weighted by Crippen LogP contribution is 2.26. The molecule has 6 nitrogen and oxygen atoms in total. The van der Waals surface area contributed by atoms with Crippen LogP contribution in [0.1, 0.15) is 35.5 Å². The van der Waals surface area contributed by atoms with Crippen molar-refractivity contribution in [3.63, 3.8) is 0 Å². The molecule has 1 heterocycles. The molecule has 0 unspecified atom stereocenters. The highest BCUT2D eigenvalue weighted by molar-refractivity contribution is 6.07. The second kappa shape index (κ2) is 7.68. The molecule has 1 aromatic carbocycles. The number of carboxylic acid groups (broad SMARTS) is 1. The number of amides is 1. The molecule has 0 aliphatic heterocycles. The summed E-state index contributed by atoms with van der Waals surface area (Å²) in [5.74, 6) is -0.414. The van der Waals surface area contributed by atoms with Crippen LogP contribution in [0.4, 0.5) is 5.69 Å². The van der Waals surface area contributed by atoms with Gasteiger partial charge in [0.2, 0.25) is 0 Å². The molecule has 0 fully saturated rings. The zero-order valence-electron chi connectivity index (χ0n) is 14.0. The minimum absolute atomic E-state index is 0.137. The molecule has 0 saturated heterocycles. The van der Waals surface area contributed by atoms with Gasteiger partial charge in [-0.2, -0.15) is 0 Å². The molecule has 2 aromatic rings. The first-order chi connectivity index (χ1) is 11.4. The van der Waals surface area contributed by atoms with Crippen LogP contribution in [-0.2, 0) is 11.2 Å². The summed E-state index contributed by atoms with van der Waals surface area (Å²) >= 11 is 0. The standard InChI is InChI=1S/C18H21NO5/c1-11(2)9-23-14-7-5-4-6-13(14)19-18(22)17-12(3)10-24-15(17)8-16(20)21/h4-7,10-11H,8-9H2,1-3H3,(H,19,22)(H,20,21). The normalized spacial score (nSPS) is 10.7. The number of furan rings is 1. The number of para-hydroxylation sites is 2. The van der Waals surface area contributed by atoms with Gasteiger partial charge in [0, 0.05) is 5.56 Å². The Morgan fingerprint density at radius 2 is 2.00 bits per heavy atom. The molecule has 1 aromatic heterocycles. The zero-order valence-corrected chi connectivity index (χ0v) is 14.0. The van der Waals surface area contributed by atoms with Crippen LogP contribution in [0.2, 0.25) is 0 Å². The van der Waals surface area contributed by atoms with Crippen molar-refractivity contribution in [3.8, 4) is 5.75 Å². The highest BCUT2D eigenvalue weighted by Gasteiger charge is 2.21. The zero-order chi connectivity index (χ0) is 17.7. The number of rotatable bonds is 7. The van der Waals surface area contributed by atoms with E-state index in [1.54, 1.807) is 25.1 Å². The summed E-state index contributed by atoms with van der Waals surface area (Å²) in [7, 11) is 0. The topological polar surface area (TPSA) is 88.8 Å². The van der Waals surface area contributed by atoms with Crippen LogP contribution in [0.5, 0.6) is 5.75 Å². The number of anilines is 1. The summed E-state index contributed by atoms with van der Waals surface area (Å²) < 4.78 is 10.9. The van der Waals surface area contributed by atoms with Crippen LogP contribution in [-0.4, -0.2) is 23.6 Å². The van der Waals surface area contributed by atoms with Crippen LogP contribution in [0.3, 0.4) is 0 Å². The fourth-order valence-corrected chi connectivity index (χ4v) is 2.21. The lowest BCUT2D eigenvalue weighted by molar-refractivity contribution is -0.136. The van der Waals surface area contributed by atoms with Crippen molar-refractivity contribution in [1.29, 1.82) is 0 Å². The van der Waals surface area contributed by atoms with Crippen molar-refractivity contribution < 1.29 is 23.8 Å². The average molecular weight is 331 g/mol. The van der Waals surface area contributed by atoms with Crippen molar-refractivity contribution in [2.75, 3.05) is 11.9 Å². The molecule has 2 rings (SSSR count). The molecule has 0 aliphatic carbocycles. The third kappa shape index (κ3) is 4.38. The minimum Gasteiger partial charge on any atom is -0.491 e. The van der Waals surface area contributed by atoms with Crippen LogP contribution in [0.15, 0.2) is 34.9 Å². The Balaban J connectivity index is 2.21. The molecule has 24 heavy (non-hydrogen) atoms. The summed E-state index contributed by atoms with van der Waals surface area (Å²) in [5.41, 5.74) is 1.37. The smallest absolute Gasteiger partial charge is 0.311 e. The number of aryl methyl sites for hydroxylation is 1. The van der Waals surface area contributed by atoms with E-state index in [0.717, 1.165) is 0 Å². The Kier molecular flexibility index (Phi) is 5.63. The van der Waals surface area contributed by atoms with Crippen molar-refractivity contribution in [2.45, 2.75) is 27.2 Å². The van der Waals surface area contributed by atoms with Gasteiger partial charge in [0.05, 0.1) is 24.1 Å². The van der Waals surface area contributed by atoms with E-state index in [9.17, 15) is 9.59 Å². The van der Waals surface area contributed by atoms with E-state index in [0.29, 0.717) is 29.5 Å². The third-order valence-electron chi connectivity index (χ3n) is 3.30. The fraction of sp³-hybridized carbons (Fsp3) is 0.333. The molecule has 6 heteroatoms. The lowest BCUT2D eigenvalue weighted by Gasteiger charge is -2.14. The Morgan fingerprint density at radius 1 is 1.29 bits per heavy atom. The van der Waals surface area contributed by atoms with Gasteiger partial charge in [-0.15, -0.1) is 0 Å². The monoisotopic (exact) mass is 331 g/mol. The van der Waals surface area contributed by atoms with Crippen molar-refractivity contribution in [1.82, 2.24) is 0 Å². The van der Waals surface area contributed by atoms with E-state index in [2.05, 4.69) is 5.32 Å². The van der Waals surface area contributed by atoms with Gasteiger partial charge < -0.3 is 19.6 Å². The molecule has 0 radical (unpaired) electrons. The van der Waals surface area contributed by atoms with Gasteiger partial charge in [0.15, 0.2) is 0 Å². The van der Waals surface area contributed by atoms with Crippen LogP contribution in [0.25, 0.3) is 0 Å². The Morgan fingerprint density at radius 3 is 2.67 bits per heavy atom. The van der Waals surface area contributed by atoms with E-state index in [-0.39, 0.29) is 17.7 Å². The lowest BCUT2D eigenvalue weighted by Crippen LogP contribution is -2.16. The second-order valence-electron chi connectivity index (χ2n) is 5.94. The maximum absolute atomic E-state index is 12.6. The van der Waals surface area contributed by atoms with E-state index in [4.69, 9.17) is 14.3 Å². The molecular formula is C18H21NO5. The fourth-order valence-electron chi connectivity index (χ4n) is 2.21. The van der Waals surface area contributed by atoms with Gasteiger partial charge in [0.1, 0.15) is 17.9 Å². The number of hydrogen-bond acceptors (Lipinski definition) is 4. The van der Waals surface area contributed by atoms with Crippen LogP contribution < -0.4 is 10.1 Å². The number of nitrogens with one attached hydrogen (secondary N) is 1. The molecule has 1 amide bonds. The molecule has 0 bridgehead atoms. The summed E-state index contributed by atoms with van der Waals surface area (Å²) in [6.07, 6.45) is 1.04. The second-order valence-corrected chi connectivity index (χ2v) is 5.94. The van der Waals surface area contributed by atoms with Gasteiger partial charge in [-0.25, -0.2) is 0 Å². The molecule has 128 valence electrons. The molecule has 0 atom stereocenters. The number of carboxylic acids is 1. The Labute approximate surface area is 140 Å². The quantitative estimate of drug-likeness (QED) is 0.810. The first kappa shape index (κ1) is 17.6. The molecule has 0 spiro atoms. The maximum atomic E-state index is 12.6. The van der Waals surface area contributed by atoms with E-state index in [1.165, 1.54) is 6.26 Å². The van der Waals surface area contributed by atoms with Gasteiger partial charge in [-0.3, -0.25) is 9.59 Å². The summed E-state index contributed by atoms with van der Waals surface area (Å²) in [4.78, 5) is 23.5. The van der Waals surface area contributed by atoms with Crippen molar-refractivity contribution >= 4 is 17.6 Å². The first-order valence-corrected chi connectivity index (χ1v) is 7.70. The summed E-state index contributed by atoms with van der Waals surface area (Å²) in [6, 6.07) is 7.13. The van der Waals surface area contributed by atoms with Gasteiger partial charge in [0.25, 0.3) is 5.91 Å². The predicted octanol–water partition coefficient (Wildman–Crippen LogP) is 3.50. The molecular weight excluding hydrogens is 310 g/mol. The van der Waals surface area contributed by atoms with E-state index >= 15 is 0 Å². The number of carbonyl (C=O) groups is 2.